The standard InChI is InChI=1S/C74H144O17P2/c1-5-9-13-17-20-23-26-29-32-34-36-39-41-44-47-51-55-59-72(77)85-65-70(91-74(79)61-57-53-49-46-43-40-37-35-33-30-27-24-21-18-14-10-6-2)67-89-93(82,83)87-63-68(75)62-86-92(80,81)88-66-69(64-84-71(76)58-54-50-16-12-8-4)90-73(78)60-56-52-48-45-42-38-31-28-25-22-19-15-11-7-3/h68-70,75H,5-67H2,1-4H3,(H,80,81)(H,82,83)/t68-,69+,70+/m0/s1. The highest BCUT2D eigenvalue weighted by Crippen LogP contribution is 2.45. The normalized spacial score (nSPS) is 13.9. The van der Waals surface area contributed by atoms with Crippen molar-refractivity contribution in [1.82, 2.24) is 0 Å². The molecule has 0 saturated heterocycles. The minimum Gasteiger partial charge on any atom is -0.462 e. The molecule has 0 aliphatic heterocycles. The van der Waals surface area contributed by atoms with Crippen LogP contribution in [0.5, 0.6) is 0 Å². The van der Waals surface area contributed by atoms with Gasteiger partial charge in [-0.2, -0.15) is 0 Å². The molecule has 93 heavy (non-hydrogen) atoms. The number of carbonyl (C=O) groups is 4. The van der Waals surface area contributed by atoms with Crippen molar-refractivity contribution in [3.05, 3.63) is 0 Å². The van der Waals surface area contributed by atoms with Gasteiger partial charge in [0.15, 0.2) is 12.2 Å². The maximum absolute atomic E-state index is 13.1. The molecule has 0 aromatic rings. The number of aliphatic hydroxyl groups excluding tert-OH is 1. The molecule has 17 nitrogen and oxygen atoms in total. The van der Waals surface area contributed by atoms with E-state index in [4.69, 9.17) is 37.0 Å². The molecule has 0 fully saturated rings. The quantitative estimate of drug-likeness (QED) is 0.0222. The van der Waals surface area contributed by atoms with Gasteiger partial charge in [-0.3, -0.25) is 37.3 Å². The summed E-state index contributed by atoms with van der Waals surface area (Å²) in [4.78, 5) is 72.5. The van der Waals surface area contributed by atoms with Crippen LogP contribution in [0.3, 0.4) is 0 Å². The van der Waals surface area contributed by atoms with Gasteiger partial charge in [0.05, 0.1) is 26.4 Å². The van der Waals surface area contributed by atoms with Crippen LogP contribution in [0.2, 0.25) is 0 Å². The zero-order valence-corrected chi connectivity index (χ0v) is 62.0. The first-order valence-electron chi connectivity index (χ1n) is 38.8. The van der Waals surface area contributed by atoms with E-state index in [1.165, 1.54) is 218 Å². The molecule has 0 aliphatic rings. The van der Waals surface area contributed by atoms with E-state index in [0.29, 0.717) is 25.7 Å². The lowest BCUT2D eigenvalue weighted by atomic mass is 10.0. The topological polar surface area (TPSA) is 237 Å². The lowest BCUT2D eigenvalue weighted by Crippen LogP contribution is -2.30. The van der Waals surface area contributed by atoms with Crippen molar-refractivity contribution < 1.29 is 80.2 Å². The summed E-state index contributed by atoms with van der Waals surface area (Å²) < 4.78 is 68.3. The molecule has 2 unspecified atom stereocenters. The summed E-state index contributed by atoms with van der Waals surface area (Å²) in [5, 5.41) is 10.6. The molecule has 5 atom stereocenters. The molecule has 0 saturated carbocycles. The van der Waals surface area contributed by atoms with Gasteiger partial charge in [-0.1, -0.05) is 342 Å². The van der Waals surface area contributed by atoms with Crippen molar-refractivity contribution in [1.29, 1.82) is 0 Å². The van der Waals surface area contributed by atoms with Gasteiger partial charge >= 0.3 is 39.5 Å². The molecule has 552 valence electrons. The maximum atomic E-state index is 13.1. The Morgan fingerprint density at radius 3 is 0.634 bits per heavy atom. The minimum atomic E-state index is -4.95. The first-order chi connectivity index (χ1) is 45.2. The van der Waals surface area contributed by atoms with Crippen molar-refractivity contribution in [3.8, 4) is 0 Å². The third kappa shape index (κ3) is 68.4. The zero-order valence-electron chi connectivity index (χ0n) is 60.2. The van der Waals surface area contributed by atoms with E-state index in [-0.39, 0.29) is 25.7 Å². The Morgan fingerprint density at radius 2 is 0.430 bits per heavy atom. The summed E-state index contributed by atoms with van der Waals surface area (Å²) in [6, 6.07) is 0. The Bertz CT molecular complexity index is 1770. The van der Waals surface area contributed by atoms with Crippen LogP contribution in [-0.2, 0) is 65.4 Å². The molecule has 0 bridgehead atoms. The smallest absolute Gasteiger partial charge is 0.462 e. The maximum Gasteiger partial charge on any atom is 0.472 e. The monoisotopic (exact) mass is 1370 g/mol. The number of rotatable bonds is 75. The summed E-state index contributed by atoms with van der Waals surface area (Å²) in [5.74, 6) is -2.12. The van der Waals surface area contributed by atoms with Crippen molar-refractivity contribution >= 4 is 39.5 Å². The predicted octanol–water partition coefficient (Wildman–Crippen LogP) is 21.8. The number of hydrogen-bond acceptors (Lipinski definition) is 15. The molecular formula is C74H144O17P2. The van der Waals surface area contributed by atoms with Crippen LogP contribution >= 0.6 is 15.6 Å². The summed E-state index contributed by atoms with van der Waals surface area (Å²) in [6.07, 6.45) is 58.6. The summed E-state index contributed by atoms with van der Waals surface area (Å²) >= 11 is 0. The Morgan fingerprint density at radius 1 is 0.258 bits per heavy atom. The second kappa shape index (κ2) is 68.6. The Balaban J connectivity index is 5.14. The Labute approximate surface area is 568 Å². The third-order valence-corrected chi connectivity index (χ3v) is 19.3. The van der Waals surface area contributed by atoms with Gasteiger partial charge in [0.2, 0.25) is 0 Å². The van der Waals surface area contributed by atoms with E-state index in [9.17, 15) is 43.2 Å². The van der Waals surface area contributed by atoms with Crippen LogP contribution in [0, 0.1) is 0 Å². The molecule has 0 amide bonds. The fourth-order valence-corrected chi connectivity index (χ4v) is 13.0. The average Bonchev–Trinajstić information content (AvgIpc) is 2.12. The summed E-state index contributed by atoms with van der Waals surface area (Å²) in [7, 11) is -9.90. The second-order valence-electron chi connectivity index (χ2n) is 26.7. The lowest BCUT2D eigenvalue weighted by Gasteiger charge is -2.21. The largest absolute Gasteiger partial charge is 0.472 e. The van der Waals surface area contributed by atoms with E-state index in [2.05, 4.69) is 27.7 Å². The van der Waals surface area contributed by atoms with E-state index in [1.54, 1.807) is 0 Å². The Kier molecular flexibility index (Phi) is 67.1. The minimum absolute atomic E-state index is 0.107. The molecule has 0 aliphatic carbocycles. The van der Waals surface area contributed by atoms with E-state index in [1.807, 2.05) is 0 Å². The fourth-order valence-electron chi connectivity index (χ4n) is 11.4. The van der Waals surface area contributed by atoms with Gasteiger partial charge in [0.1, 0.15) is 19.3 Å². The van der Waals surface area contributed by atoms with Crippen molar-refractivity contribution in [2.45, 2.75) is 412 Å². The highest BCUT2D eigenvalue weighted by atomic mass is 31.2. The zero-order chi connectivity index (χ0) is 68.2. The van der Waals surface area contributed by atoms with E-state index >= 15 is 0 Å². The summed E-state index contributed by atoms with van der Waals surface area (Å²) in [5.41, 5.74) is 0. The number of phosphoric ester groups is 2. The number of aliphatic hydroxyl groups is 1. The average molecular weight is 1370 g/mol. The van der Waals surface area contributed by atoms with Crippen molar-refractivity contribution in [3.63, 3.8) is 0 Å². The van der Waals surface area contributed by atoms with Gasteiger partial charge in [0, 0.05) is 25.7 Å². The molecule has 0 spiro atoms. The van der Waals surface area contributed by atoms with Crippen LogP contribution in [0.15, 0.2) is 0 Å². The third-order valence-electron chi connectivity index (χ3n) is 17.4. The van der Waals surface area contributed by atoms with Crippen LogP contribution in [-0.4, -0.2) is 96.7 Å². The number of unbranched alkanes of at least 4 members (excludes halogenated alkanes) is 49. The number of ether oxygens (including phenoxy) is 4. The molecule has 0 aromatic heterocycles. The Hall–Kier alpha value is -1.94. The molecule has 3 N–H and O–H groups in total. The second-order valence-corrected chi connectivity index (χ2v) is 29.6. The molecule has 0 radical (unpaired) electrons. The van der Waals surface area contributed by atoms with Crippen molar-refractivity contribution in [2.75, 3.05) is 39.6 Å². The lowest BCUT2D eigenvalue weighted by molar-refractivity contribution is -0.161. The van der Waals surface area contributed by atoms with Gasteiger partial charge in [-0.25, -0.2) is 9.13 Å². The van der Waals surface area contributed by atoms with Crippen LogP contribution in [0.1, 0.15) is 394 Å². The number of esters is 4. The van der Waals surface area contributed by atoms with Gasteiger partial charge in [0.25, 0.3) is 0 Å². The van der Waals surface area contributed by atoms with Gasteiger partial charge < -0.3 is 33.8 Å². The van der Waals surface area contributed by atoms with Crippen LogP contribution in [0.25, 0.3) is 0 Å². The molecule has 19 heteroatoms. The van der Waals surface area contributed by atoms with Crippen molar-refractivity contribution in [2.24, 2.45) is 0 Å². The SMILES string of the molecule is CCCCCCCCCCCCCCCCCCCC(=O)OC[C@H](COP(=O)(O)OC[C@@H](O)COP(=O)(O)OC[C@@H](COC(=O)CCCCCCC)OC(=O)CCCCCCCCCCCCCCCC)OC(=O)CCCCCCCCCCCCCCCCCCC. The molecule has 0 aromatic carbocycles. The highest BCUT2D eigenvalue weighted by molar-refractivity contribution is 7.47. The fraction of sp³-hybridized carbons (Fsp3) is 0.946. The molecule has 0 rings (SSSR count). The molecular weight excluding hydrogens is 1220 g/mol. The number of phosphoric acid groups is 2. The van der Waals surface area contributed by atoms with Crippen LogP contribution < -0.4 is 0 Å². The predicted molar refractivity (Wildman–Crippen MR) is 377 cm³/mol. The van der Waals surface area contributed by atoms with Gasteiger partial charge in [-0.05, 0) is 25.7 Å². The number of hydrogen-bond donors (Lipinski definition) is 3. The molecule has 0 heterocycles. The summed E-state index contributed by atoms with van der Waals surface area (Å²) in [6.45, 7) is 4.90. The van der Waals surface area contributed by atoms with Crippen LogP contribution in [0.4, 0.5) is 0 Å². The van der Waals surface area contributed by atoms with E-state index < -0.39 is 97.5 Å². The highest BCUT2D eigenvalue weighted by Gasteiger charge is 2.30. The van der Waals surface area contributed by atoms with E-state index in [0.717, 1.165) is 96.3 Å². The van der Waals surface area contributed by atoms with Gasteiger partial charge in [-0.15, -0.1) is 0 Å². The first-order valence-corrected chi connectivity index (χ1v) is 41.8. The number of carbonyl (C=O) groups excluding carboxylic acids is 4. The first kappa shape index (κ1) is 91.1.